The number of fused-ring (bicyclic) bond motifs is 1. The number of carbonyl (C=O) groups excluding carboxylic acids is 1. The number of nitro benzene ring substituents is 1. The number of rotatable bonds is 9. The van der Waals surface area contributed by atoms with Gasteiger partial charge in [-0.1, -0.05) is 12.1 Å². The first-order valence-electron chi connectivity index (χ1n) is 9.73. The largest absolute Gasteiger partial charge is 0.486 e. The quantitative estimate of drug-likeness (QED) is 0.381. The second-order valence-corrected chi connectivity index (χ2v) is 6.67. The molecule has 9 heteroatoms. The van der Waals surface area contributed by atoms with E-state index in [1.54, 1.807) is 24.1 Å². The molecule has 1 amide bonds. The van der Waals surface area contributed by atoms with Crippen LogP contribution in [0.1, 0.15) is 22.8 Å². The van der Waals surface area contributed by atoms with Crippen molar-refractivity contribution in [1.82, 2.24) is 4.90 Å². The highest BCUT2D eigenvalue weighted by molar-refractivity contribution is 5.95. The second kappa shape index (κ2) is 9.93. The summed E-state index contributed by atoms with van der Waals surface area (Å²) in [6.45, 7) is 4.38. The molecule has 160 valence electrons. The summed E-state index contributed by atoms with van der Waals surface area (Å²) in [5, 5.41) is 14.5. The number of methoxy groups -OCH3 is 1. The predicted molar refractivity (Wildman–Crippen MR) is 111 cm³/mol. The number of nitrogens with one attached hydrogen (secondary N) is 1. The van der Waals surface area contributed by atoms with Crippen molar-refractivity contribution in [3.8, 4) is 11.5 Å². The molecule has 0 fully saturated rings. The number of hydrogen-bond donors (Lipinski definition) is 1. The molecule has 0 atom stereocenters. The van der Waals surface area contributed by atoms with Crippen LogP contribution in [0.4, 0.5) is 11.4 Å². The number of nitrogens with zero attached hydrogens (tertiary/aromatic N) is 2. The second-order valence-electron chi connectivity index (χ2n) is 6.67. The average Bonchev–Trinajstić information content (AvgIpc) is 2.77. The van der Waals surface area contributed by atoms with Crippen LogP contribution in [-0.4, -0.2) is 55.8 Å². The first kappa shape index (κ1) is 21.4. The maximum Gasteiger partial charge on any atom is 0.293 e. The minimum Gasteiger partial charge on any atom is -0.486 e. The van der Waals surface area contributed by atoms with Crippen molar-refractivity contribution in [3.63, 3.8) is 0 Å². The number of hydrogen-bond acceptors (Lipinski definition) is 7. The van der Waals surface area contributed by atoms with Crippen LogP contribution in [0.5, 0.6) is 11.5 Å². The highest BCUT2D eigenvalue weighted by Gasteiger charge is 2.23. The first-order valence-corrected chi connectivity index (χ1v) is 9.73. The minimum absolute atomic E-state index is 0.151. The van der Waals surface area contributed by atoms with Crippen molar-refractivity contribution in [2.24, 2.45) is 0 Å². The average molecular weight is 415 g/mol. The molecular weight excluding hydrogens is 390 g/mol. The lowest BCUT2D eigenvalue weighted by Gasteiger charge is -2.25. The van der Waals surface area contributed by atoms with Gasteiger partial charge in [0.05, 0.1) is 11.5 Å². The van der Waals surface area contributed by atoms with Crippen molar-refractivity contribution in [1.29, 1.82) is 0 Å². The van der Waals surface area contributed by atoms with E-state index in [1.807, 2.05) is 25.1 Å². The molecular formula is C21H25N3O6. The van der Waals surface area contributed by atoms with Crippen molar-refractivity contribution in [2.75, 3.05) is 45.3 Å². The summed E-state index contributed by atoms with van der Waals surface area (Å²) < 4.78 is 16.3. The van der Waals surface area contributed by atoms with Gasteiger partial charge in [0, 0.05) is 43.9 Å². The monoisotopic (exact) mass is 415 g/mol. The van der Waals surface area contributed by atoms with E-state index in [2.05, 4.69) is 5.32 Å². The molecule has 0 saturated heterocycles. The summed E-state index contributed by atoms with van der Waals surface area (Å²) in [5.41, 5.74) is 1.28. The Morgan fingerprint density at radius 1 is 1.27 bits per heavy atom. The molecule has 3 rings (SSSR count). The van der Waals surface area contributed by atoms with Gasteiger partial charge < -0.3 is 24.4 Å². The molecule has 0 spiro atoms. The number of carbonyl (C=O) groups is 1. The van der Waals surface area contributed by atoms with Crippen molar-refractivity contribution in [2.45, 2.75) is 13.5 Å². The van der Waals surface area contributed by atoms with E-state index < -0.39 is 4.92 Å². The Morgan fingerprint density at radius 2 is 2.07 bits per heavy atom. The molecule has 0 bridgehead atoms. The lowest BCUT2D eigenvalue weighted by molar-refractivity contribution is -0.384. The zero-order valence-electron chi connectivity index (χ0n) is 17.1. The number of para-hydroxylation sites is 1. The van der Waals surface area contributed by atoms with Gasteiger partial charge >= 0.3 is 0 Å². The van der Waals surface area contributed by atoms with Gasteiger partial charge in [0.25, 0.3) is 11.6 Å². The summed E-state index contributed by atoms with van der Waals surface area (Å²) in [5.74, 6) is 1.00. The molecule has 9 nitrogen and oxygen atoms in total. The molecule has 1 N–H and O–H groups in total. The summed E-state index contributed by atoms with van der Waals surface area (Å²) in [4.78, 5) is 25.7. The fourth-order valence-electron chi connectivity index (χ4n) is 3.23. The van der Waals surface area contributed by atoms with Crippen LogP contribution in [0.15, 0.2) is 36.4 Å². The first-order chi connectivity index (χ1) is 14.5. The van der Waals surface area contributed by atoms with Gasteiger partial charge in [-0.05, 0) is 25.1 Å². The molecule has 1 aliphatic heterocycles. The van der Waals surface area contributed by atoms with Gasteiger partial charge in [0.2, 0.25) is 0 Å². The topological polar surface area (TPSA) is 103 Å². The predicted octanol–water partition coefficient (Wildman–Crippen LogP) is 3.09. The summed E-state index contributed by atoms with van der Waals surface area (Å²) >= 11 is 0. The third-order valence-electron chi connectivity index (χ3n) is 4.74. The number of nitro groups is 1. The normalized spacial score (nSPS) is 12.3. The molecule has 0 radical (unpaired) electrons. The zero-order chi connectivity index (χ0) is 21.5. The number of benzene rings is 2. The fraction of sp³-hybridized carbons (Fsp3) is 0.381. The molecule has 0 unspecified atom stereocenters. The SMILES string of the molecule is CCN(Cc1cccc2c1OCCO2)C(=O)c1ccc(NCCOC)c([N+](=O)[O-])c1. The Kier molecular flexibility index (Phi) is 7.08. The molecule has 2 aromatic carbocycles. The van der Waals surface area contributed by atoms with Gasteiger partial charge in [0.15, 0.2) is 11.5 Å². The Hall–Kier alpha value is -3.33. The van der Waals surface area contributed by atoms with E-state index >= 15 is 0 Å². The third-order valence-corrected chi connectivity index (χ3v) is 4.74. The molecule has 0 saturated carbocycles. The minimum atomic E-state index is -0.499. The van der Waals surface area contributed by atoms with Crippen molar-refractivity contribution >= 4 is 17.3 Å². The Bertz CT molecular complexity index is 918. The Morgan fingerprint density at radius 3 is 2.80 bits per heavy atom. The summed E-state index contributed by atoms with van der Waals surface area (Å²) in [6, 6.07) is 10.0. The van der Waals surface area contributed by atoms with E-state index in [4.69, 9.17) is 14.2 Å². The molecule has 30 heavy (non-hydrogen) atoms. The number of anilines is 1. The lowest BCUT2D eigenvalue weighted by Crippen LogP contribution is -2.31. The van der Waals surface area contributed by atoms with Crippen LogP contribution in [0.2, 0.25) is 0 Å². The van der Waals surface area contributed by atoms with E-state index in [1.165, 1.54) is 6.07 Å². The van der Waals surface area contributed by atoms with Crippen LogP contribution in [0.3, 0.4) is 0 Å². The van der Waals surface area contributed by atoms with Crippen molar-refractivity contribution in [3.05, 3.63) is 57.6 Å². The third kappa shape index (κ3) is 4.80. The number of ether oxygens (including phenoxy) is 3. The van der Waals surface area contributed by atoms with E-state index in [0.29, 0.717) is 56.6 Å². The van der Waals surface area contributed by atoms with E-state index in [9.17, 15) is 14.9 Å². The van der Waals surface area contributed by atoms with Crippen LogP contribution < -0.4 is 14.8 Å². The standard InChI is InChI=1S/C21H25N3O6/c1-3-23(14-16-5-4-6-19-20(16)30-12-11-29-19)21(25)15-7-8-17(22-9-10-28-2)18(13-15)24(26)27/h4-8,13,22H,3,9-12,14H2,1-2H3. The lowest BCUT2D eigenvalue weighted by atomic mass is 10.1. The van der Waals surface area contributed by atoms with Crippen LogP contribution >= 0.6 is 0 Å². The van der Waals surface area contributed by atoms with Gasteiger partial charge in [-0.3, -0.25) is 14.9 Å². The molecule has 0 aromatic heterocycles. The zero-order valence-corrected chi connectivity index (χ0v) is 17.1. The fourth-order valence-corrected chi connectivity index (χ4v) is 3.23. The van der Waals surface area contributed by atoms with E-state index in [-0.39, 0.29) is 17.2 Å². The van der Waals surface area contributed by atoms with Gasteiger partial charge in [-0.15, -0.1) is 0 Å². The van der Waals surface area contributed by atoms with Crippen LogP contribution in [0.25, 0.3) is 0 Å². The van der Waals surface area contributed by atoms with Gasteiger partial charge in [-0.25, -0.2) is 0 Å². The van der Waals surface area contributed by atoms with Gasteiger partial charge in [-0.2, -0.15) is 0 Å². The molecule has 1 aliphatic rings. The van der Waals surface area contributed by atoms with Gasteiger partial charge in [0.1, 0.15) is 18.9 Å². The number of amides is 1. The highest BCUT2D eigenvalue weighted by Crippen LogP contribution is 2.34. The molecule has 0 aliphatic carbocycles. The maximum absolute atomic E-state index is 13.1. The molecule has 1 heterocycles. The Balaban J connectivity index is 1.82. The smallest absolute Gasteiger partial charge is 0.293 e. The molecule has 2 aromatic rings. The highest BCUT2D eigenvalue weighted by atomic mass is 16.6. The van der Waals surface area contributed by atoms with Crippen LogP contribution in [0, 0.1) is 10.1 Å². The van der Waals surface area contributed by atoms with Crippen LogP contribution in [-0.2, 0) is 11.3 Å². The summed E-state index contributed by atoms with van der Waals surface area (Å²) in [7, 11) is 1.55. The maximum atomic E-state index is 13.1. The Labute approximate surface area is 174 Å². The van der Waals surface area contributed by atoms with E-state index in [0.717, 1.165) is 5.56 Å². The van der Waals surface area contributed by atoms with Crippen molar-refractivity contribution < 1.29 is 23.9 Å². The summed E-state index contributed by atoms with van der Waals surface area (Å²) in [6.07, 6.45) is 0.